The van der Waals surface area contributed by atoms with Gasteiger partial charge in [-0.05, 0) is 48.4 Å². The van der Waals surface area contributed by atoms with E-state index in [0.717, 1.165) is 22.2 Å². The standard InChI is InChI=1S/C23H19Cl2N3O2/c1-14-7-9-18-19(11-14)27-23(26-18)22(15-5-3-2-4-6-15)28-21(29)13-30-20-10-8-16(24)12-17(20)25/h2-12,22H,13H2,1H3,(H,26,27)(H,28,29). The van der Waals surface area contributed by atoms with Crippen molar-refractivity contribution in [2.75, 3.05) is 6.61 Å². The minimum absolute atomic E-state index is 0.190. The number of hydrogen-bond donors (Lipinski definition) is 2. The normalized spacial score (nSPS) is 12.0. The van der Waals surface area contributed by atoms with E-state index in [0.29, 0.717) is 21.6 Å². The van der Waals surface area contributed by atoms with Gasteiger partial charge >= 0.3 is 0 Å². The fraction of sp³-hybridized carbons (Fsp3) is 0.130. The number of imidazole rings is 1. The zero-order chi connectivity index (χ0) is 21.1. The second-order valence-electron chi connectivity index (χ2n) is 6.92. The maximum absolute atomic E-state index is 12.7. The van der Waals surface area contributed by atoms with Gasteiger partial charge in [0.1, 0.15) is 17.6 Å². The summed E-state index contributed by atoms with van der Waals surface area (Å²) in [5.74, 6) is 0.748. The van der Waals surface area contributed by atoms with Crippen LogP contribution in [0.25, 0.3) is 11.0 Å². The van der Waals surface area contributed by atoms with Crippen molar-refractivity contribution in [1.29, 1.82) is 0 Å². The van der Waals surface area contributed by atoms with Crippen molar-refractivity contribution in [2.24, 2.45) is 0 Å². The van der Waals surface area contributed by atoms with Gasteiger partial charge in [0.2, 0.25) is 0 Å². The Morgan fingerprint density at radius 2 is 1.90 bits per heavy atom. The van der Waals surface area contributed by atoms with Gasteiger partial charge in [0.15, 0.2) is 6.61 Å². The molecule has 0 saturated heterocycles. The lowest BCUT2D eigenvalue weighted by Crippen LogP contribution is -2.33. The van der Waals surface area contributed by atoms with Gasteiger partial charge in [0.05, 0.1) is 16.1 Å². The predicted octanol–water partition coefficient (Wildman–Crippen LogP) is 5.46. The van der Waals surface area contributed by atoms with E-state index < -0.39 is 6.04 Å². The number of benzene rings is 3. The molecule has 1 atom stereocenters. The minimum atomic E-state index is -0.448. The number of amides is 1. The van der Waals surface area contributed by atoms with E-state index in [1.54, 1.807) is 18.2 Å². The molecule has 1 aromatic heterocycles. The molecular weight excluding hydrogens is 421 g/mol. The zero-order valence-corrected chi connectivity index (χ0v) is 17.7. The highest BCUT2D eigenvalue weighted by Gasteiger charge is 2.21. The Balaban J connectivity index is 1.56. The number of carbonyl (C=O) groups is 1. The van der Waals surface area contributed by atoms with Crippen LogP contribution in [0, 0.1) is 6.92 Å². The number of aromatic nitrogens is 2. The van der Waals surface area contributed by atoms with Gasteiger partial charge in [-0.1, -0.05) is 59.6 Å². The average molecular weight is 440 g/mol. The van der Waals surface area contributed by atoms with Crippen LogP contribution < -0.4 is 10.1 Å². The van der Waals surface area contributed by atoms with Crippen molar-refractivity contribution in [3.05, 3.63) is 93.7 Å². The van der Waals surface area contributed by atoms with E-state index in [-0.39, 0.29) is 12.5 Å². The SMILES string of the molecule is Cc1ccc2nc(C(NC(=O)COc3ccc(Cl)cc3Cl)c3ccccc3)[nH]c2c1. The molecule has 3 aromatic carbocycles. The molecule has 5 nitrogen and oxygen atoms in total. The maximum atomic E-state index is 12.7. The summed E-state index contributed by atoms with van der Waals surface area (Å²) in [6, 6.07) is 20.1. The van der Waals surface area contributed by atoms with Crippen molar-refractivity contribution in [2.45, 2.75) is 13.0 Å². The average Bonchev–Trinajstić information content (AvgIpc) is 3.15. The summed E-state index contributed by atoms with van der Waals surface area (Å²) in [5, 5.41) is 3.85. The summed E-state index contributed by atoms with van der Waals surface area (Å²) in [6.45, 7) is 1.83. The second-order valence-corrected chi connectivity index (χ2v) is 7.76. The Kier molecular flexibility index (Phi) is 5.93. The van der Waals surface area contributed by atoms with Crippen molar-refractivity contribution in [3.63, 3.8) is 0 Å². The molecule has 0 bridgehead atoms. The molecule has 1 amide bonds. The van der Waals surface area contributed by atoms with Gasteiger partial charge in [-0.3, -0.25) is 4.79 Å². The van der Waals surface area contributed by atoms with Gasteiger partial charge in [0.25, 0.3) is 5.91 Å². The molecule has 4 rings (SSSR count). The Hall–Kier alpha value is -3.02. The third-order valence-corrected chi connectivity index (χ3v) is 5.15. The molecule has 4 aromatic rings. The van der Waals surface area contributed by atoms with Crippen LogP contribution in [-0.2, 0) is 4.79 Å². The highest BCUT2D eigenvalue weighted by atomic mass is 35.5. The third kappa shape index (κ3) is 4.58. The van der Waals surface area contributed by atoms with Gasteiger partial charge in [-0.15, -0.1) is 0 Å². The number of carbonyl (C=O) groups excluding carboxylic acids is 1. The minimum Gasteiger partial charge on any atom is -0.482 e. The smallest absolute Gasteiger partial charge is 0.258 e. The fourth-order valence-electron chi connectivity index (χ4n) is 3.17. The van der Waals surface area contributed by atoms with Crippen LogP contribution in [-0.4, -0.2) is 22.5 Å². The first-order valence-corrected chi connectivity index (χ1v) is 10.1. The van der Waals surface area contributed by atoms with Gasteiger partial charge < -0.3 is 15.0 Å². The monoisotopic (exact) mass is 439 g/mol. The van der Waals surface area contributed by atoms with Crippen molar-refractivity contribution in [3.8, 4) is 5.75 Å². The highest BCUT2D eigenvalue weighted by Crippen LogP contribution is 2.28. The summed E-state index contributed by atoms with van der Waals surface area (Å²) in [7, 11) is 0. The number of H-pyrrole nitrogens is 1. The number of nitrogens with zero attached hydrogens (tertiary/aromatic N) is 1. The summed E-state index contributed by atoms with van der Waals surface area (Å²) in [5.41, 5.74) is 3.80. The van der Waals surface area contributed by atoms with Crippen molar-refractivity contribution >= 4 is 40.1 Å². The van der Waals surface area contributed by atoms with E-state index in [9.17, 15) is 4.79 Å². The molecular formula is C23H19Cl2N3O2. The molecule has 0 radical (unpaired) electrons. The molecule has 0 aliphatic carbocycles. The van der Waals surface area contributed by atoms with E-state index in [2.05, 4.69) is 15.3 Å². The largest absolute Gasteiger partial charge is 0.482 e. The quantitative estimate of drug-likeness (QED) is 0.418. The van der Waals surface area contributed by atoms with Gasteiger partial charge in [0, 0.05) is 5.02 Å². The highest BCUT2D eigenvalue weighted by molar-refractivity contribution is 6.35. The number of ether oxygens (including phenoxy) is 1. The number of aryl methyl sites for hydroxylation is 1. The van der Waals surface area contributed by atoms with Crippen LogP contribution in [0.2, 0.25) is 10.0 Å². The van der Waals surface area contributed by atoms with Crippen molar-refractivity contribution < 1.29 is 9.53 Å². The zero-order valence-electron chi connectivity index (χ0n) is 16.2. The molecule has 0 saturated carbocycles. The molecule has 7 heteroatoms. The molecule has 1 heterocycles. The number of halogens is 2. The Labute approximate surface area is 184 Å². The second kappa shape index (κ2) is 8.78. The Morgan fingerprint density at radius 1 is 1.10 bits per heavy atom. The topological polar surface area (TPSA) is 67.0 Å². The third-order valence-electron chi connectivity index (χ3n) is 4.62. The van der Waals surface area contributed by atoms with Gasteiger partial charge in [-0.25, -0.2) is 4.98 Å². The first-order chi connectivity index (χ1) is 14.5. The van der Waals surface area contributed by atoms with Crippen molar-refractivity contribution in [1.82, 2.24) is 15.3 Å². The summed E-state index contributed by atoms with van der Waals surface area (Å²) < 4.78 is 5.57. The number of rotatable bonds is 6. The Morgan fingerprint density at radius 3 is 2.67 bits per heavy atom. The number of hydrogen-bond acceptors (Lipinski definition) is 3. The summed E-state index contributed by atoms with van der Waals surface area (Å²) in [6.07, 6.45) is 0. The van der Waals surface area contributed by atoms with Crippen LogP contribution in [0.15, 0.2) is 66.7 Å². The molecule has 152 valence electrons. The lowest BCUT2D eigenvalue weighted by molar-refractivity contribution is -0.123. The molecule has 30 heavy (non-hydrogen) atoms. The van der Waals surface area contributed by atoms with E-state index >= 15 is 0 Å². The molecule has 0 aliphatic rings. The van der Waals surface area contributed by atoms with E-state index in [1.807, 2.05) is 55.5 Å². The van der Waals surface area contributed by atoms with Crippen LogP contribution >= 0.6 is 23.2 Å². The first kappa shape index (κ1) is 20.3. The molecule has 1 unspecified atom stereocenters. The molecule has 0 fully saturated rings. The lowest BCUT2D eigenvalue weighted by atomic mass is 10.1. The Bertz CT molecular complexity index is 1190. The van der Waals surface area contributed by atoms with Crippen LogP contribution in [0.4, 0.5) is 0 Å². The lowest BCUT2D eigenvalue weighted by Gasteiger charge is -2.17. The van der Waals surface area contributed by atoms with Gasteiger partial charge in [-0.2, -0.15) is 0 Å². The number of fused-ring (bicyclic) bond motifs is 1. The van der Waals surface area contributed by atoms with E-state index in [4.69, 9.17) is 27.9 Å². The van der Waals surface area contributed by atoms with E-state index in [1.165, 1.54) is 0 Å². The van der Waals surface area contributed by atoms with Crippen LogP contribution in [0.3, 0.4) is 0 Å². The first-order valence-electron chi connectivity index (χ1n) is 9.38. The number of nitrogens with one attached hydrogen (secondary N) is 2. The summed E-state index contributed by atoms with van der Waals surface area (Å²) >= 11 is 12.0. The molecule has 0 spiro atoms. The van der Waals surface area contributed by atoms with Crippen LogP contribution in [0.5, 0.6) is 5.75 Å². The van der Waals surface area contributed by atoms with Crippen LogP contribution in [0.1, 0.15) is 23.0 Å². The molecule has 2 N–H and O–H groups in total. The maximum Gasteiger partial charge on any atom is 0.258 e. The molecule has 0 aliphatic heterocycles. The number of aromatic amines is 1. The summed E-state index contributed by atoms with van der Waals surface area (Å²) in [4.78, 5) is 20.7. The predicted molar refractivity (Wildman–Crippen MR) is 119 cm³/mol. The fourth-order valence-corrected chi connectivity index (χ4v) is 3.64.